The van der Waals surface area contributed by atoms with Gasteiger partial charge in [-0.1, -0.05) is 25.0 Å². The fraction of sp³-hybridized carbons (Fsp3) is 0.652. The molecule has 1 saturated heterocycles. The lowest BCUT2D eigenvalue weighted by atomic mass is 9.95. The maximum absolute atomic E-state index is 13.3. The van der Waals surface area contributed by atoms with Gasteiger partial charge in [-0.2, -0.15) is 0 Å². The van der Waals surface area contributed by atoms with Crippen LogP contribution in [0.15, 0.2) is 24.3 Å². The van der Waals surface area contributed by atoms with Gasteiger partial charge in [0.15, 0.2) is 0 Å². The summed E-state index contributed by atoms with van der Waals surface area (Å²) in [6, 6.07) is 7.84. The van der Waals surface area contributed by atoms with Crippen LogP contribution in [0.5, 0.6) is 0 Å². The fourth-order valence-electron chi connectivity index (χ4n) is 4.49. The number of aryl methyl sites for hydroxylation is 1. The van der Waals surface area contributed by atoms with Gasteiger partial charge in [0.1, 0.15) is 0 Å². The molecule has 1 heterocycles. The summed E-state index contributed by atoms with van der Waals surface area (Å²) < 4.78 is 0. The highest BCUT2D eigenvalue weighted by Crippen LogP contribution is 2.31. The van der Waals surface area contributed by atoms with E-state index in [1.807, 2.05) is 56.9 Å². The number of carbonyl (C=O) groups excluding carboxylic acids is 2. The predicted octanol–water partition coefficient (Wildman–Crippen LogP) is 3.62. The number of urea groups is 1. The number of anilines is 1. The molecule has 2 N–H and O–H groups in total. The SMILES string of the molecule is Cc1cccc(NC(=O)[C@@H](C2CCCC2)N2CCN(C(=O)NC(C)(C)C)CC2)c1. The summed E-state index contributed by atoms with van der Waals surface area (Å²) in [5.41, 5.74) is 1.76. The smallest absolute Gasteiger partial charge is 0.317 e. The van der Waals surface area contributed by atoms with Gasteiger partial charge in [-0.05, 0) is 64.2 Å². The zero-order valence-electron chi connectivity index (χ0n) is 18.3. The molecule has 2 aliphatic rings. The summed E-state index contributed by atoms with van der Waals surface area (Å²) in [5.74, 6) is 0.491. The number of amides is 3. The van der Waals surface area contributed by atoms with E-state index in [4.69, 9.17) is 0 Å². The molecule has 6 heteroatoms. The second-order valence-electron chi connectivity index (χ2n) is 9.55. The molecule has 1 atom stereocenters. The molecule has 2 fully saturated rings. The Morgan fingerprint density at radius 2 is 1.72 bits per heavy atom. The van der Waals surface area contributed by atoms with Crippen molar-refractivity contribution in [3.8, 4) is 0 Å². The number of nitrogens with one attached hydrogen (secondary N) is 2. The molecule has 1 aliphatic heterocycles. The van der Waals surface area contributed by atoms with E-state index >= 15 is 0 Å². The molecule has 1 aromatic carbocycles. The van der Waals surface area contributed by atoms with Crippen LogP contribution >= 0.6 is 0 Å². The van der Waals surface area contributed by atoms with Gasteiger partial charge in [0.05, 0.1) is 6.04 Å². The number of hydrogen-bond donors (Lipinski definition) is 2. The lowest BCUT2D eigenvalue weighted by molar-refractivity contribution is -0.123. The lowest BCUT2D eigenvalue weighted by Gasteiger charge is -2.41. The third kappa shape index (κ3) is 5.95. The average molecular weight is 401 g/mol. The van der Waals surface area contributed by atoms with Crippen LogP contribution < -0.4 is 10.6 Å². The van der Waals surface area contributed by atoms with E-state index in [0.717, 1.165) is 37.2 Å². The van der Waals surface area contributed by atoms with Crippen molar-refractivity contribution in [1.82, 2.24) is 15.1 Å². The molecule has 1 aliphatic carbocycles. The molecule has 0 spiro atoms. The molecular formula is C23H36N4O2. The molecule has 0 unspecified atom stereocenters. The molecular weight excluding hydrogens is 364 g/mol. The van der Waals surface area contributed by atoms with Crippen molar-refractivity contribution in [2.24, 2.45) is 5.92 Å². The first-order chi connectivity index (χ1) is 13.7. The van der Waals surface area contributed by atoms with Crippen LogP contribution in [0.2, 0.25) is 0 Å². The zero-order valence-corrected chi connectivity index (χ0v) is 18.3. The van der Waals surface area contributed by atoms with Crippen molar-refractivity contribution in [1.29, 1.82) is 0 Å². The van der Waals surface area contributed by atoms with Gasteiger partial charge in [0.2, 0.25) is 5.91 Å². The topological polar surface area (TPSA) is 64.7 Å². The summed E-state index contributed by atoms with van der Waals surface area (Å²) in [4.78, 5) is 29.9. The van der Waals surface area contributed by atoms with Crippen molar-refractivity contribution in [2.45, 2.75) is 65.0 Å². The Morgan fingerprint density at radius 3 is 2.31 bits per heavy atom. The van der Waals surface area contributed by atoms with Crippen LogP contribution in [0, 0.1) is 12.8 Å². The second kappa shape index (κ2) is 9.16. The first kappa shape index (κ1) is 21.6. The molecule has 0 aromatic heterocycles. The monoisotopic (exact) mass is 400 g/mol. The summed E-state index contributed by atoms with van der Waals surface area (Å²) in [5, 5.41) is 6.19. The molecule has 1 aromatic rings. The summed E-state index contributed by atoms with van der Waals surface area (Å²) in [7, 11) is 0. The van der Waals surface area contributed by atoms with Crippen LogP contribution in [-0.2, 0) is 4.79 Å². The quantitative estimate of drug-likeness (QED) is 0.811. The Labute approximate surface area is 175 Å². The molecule has 29 heavy (non-hydrogen) atoms. The van der Waals surface area contributed by atoms with E-state index in [2.05, 4.69) is 15.5 Å². The highest BCUT2D eigenvalue weighted by molar-refractivity contribution is 5.95. The molecule has 160 valence electrons. The predicted molar refractivity (Wildman–Crippen MR) is 117 cm³/mol. The minimum Gasteiger partial charge on any atom is -0.333 e. The first-order valence-electron chi connectivity index (χ1n) is 10.9. The van der Waals surface area contributed by atoms with Crippen molar-refractivity contribution < 1.29 is 9.59 Å². The van der Waals surface area contributed by atoms with Gasteiger partial charge in [-0.25, -0.2) is 4.79 Å². The van der Waals surface area contributed by atoms with Gasteiger partial charge in [-0.3, -0.25) is 9.69 Å². The second-order valence-corrected chi connectivity index (χ2v) is 9.55. The third-order valence-corrected chi connectivity index (χ3v) is 5.88. The fourth-order valence-corrected chi connectivity index (χ4v) is 4.49. The van der Waals surface area contributed by atoms with Gasteiger partial charge in [-0.15, -0.1) is 0 Å². The Balaban J connectivity index is 1.65. The maximum atomic E-state index is 13.3. The van der Waals surface area contributed by atoms with Crippen LogP contribution in [0.3, 0.4) is 0 Å². The van der Waals surface area contributed by atoms with Gasteiger partial charge in [0.25, 0.3) is 0 Å². The van der Waals surface area contributed by atoms with E-state index in [1.165, 1.54) is 12.8 Å². The average Bonchev–Trinajstić information content (AvgIpc) is 3.15. The highest BCUT2D eigenvalue weighted by Gasteiger charge is 2.37. The number of carbonyl (C=O) groups is 2. The molecule has 1 saturated carbocycles. The minimum atomic E-state index is -0.242. The lowest BCUT2D eigenvalue weighted by Crippen LogP contribution is -2.59. The van der Waals surface area contributed by atoms with E-state index in [-0.39, 0.29) is 23.5 Å². The summed E-state index contributed by atoms with van der Waals surface area (Å²) in [6.45, 7) is 10.8. The van der Waals surface area contributed by atoms with Crippen molar-refractivity contribution in [3.63, 3.8) is 0 Å². The summed E-state index contributed by atoms with van der Waals surface area (Å²) >= 11 is 0. The first-order valence-corrected chi connectivity index (χ1v) is 10.9. The number of nitrogens with zero attached hydrogens (tertiary/aromatic N) is 2. The van der Waals surface area contributed by atoms with E-state index in [1.54, 1.807) is 0 Å². The Kier molecular flexibility index (Phi) is 6.83. The standard InChI is InChI=1S/C23H36N4O2/c1-17-8-7-11-19(16-17)24-21(28)20(18-9-5-6-10-18)26-12-14-27(15-13-26)22(29)25-23(2,3)4/h7-8,11,16,18,20H,5-6,9-10,12-15H2,1-4H3,(H,24,28)(H,25,29)/t20-/m1/s1. The summed E-state index contributed by atoms with van der Waals surface area (Å²) in [6.07, 6.45) is 4.62. The van der Waals surface area contributed by atoms with Gasteiger partial charge >= 0.3 is 6.03 Å². The molecule has 6 nitrogen and oxygen atoms in total. The molecule has 3 amide bonds. The van der Waals surface area contributed by atoms with Gasteiger partial charge < -0.3 is 15.5 Å². The number of rotatable bonds is 4. The van der Waals surface area contributed by atoms with Crippen molar-refractivity contribution in [2.75, 3.05) is 31.5 Å². The molecule has 3 rings (SSSR count). The van der Waals surface area contributed by atoms with Crippen LogP contribution in [0.4, 0.5) is 10.5 Å². The molecule has 0 bridgehead atoms. The number of piperazine rings is 1. The zero-order chi connectivity index (χ0) is 21.0. The largest absolute Gasteiger partial charge is 0.333 e. The Morgan fingerprint density at radius 1 is 1.07 bits per heavy atom. The third-order valence-electron chi connectivity index (χ3n) is 5.88. The Hall–Kier alpha value is -2.08. The van der Waals surface area contributed by atoms with Crippen LogP contribution in [0.25, 0.3) is 0 Å². The molecule has 0 radical (unpaired) electrons. The number of benzene rings is 1. The van der Waals surface area contributed by atoms with E-state index in [0.29, 0.717) is 19.0 Å². The van der Waals surface area contributed by atoms with Gasteiger partial charge in [0, 0.05) is 37.4 Å². The van der Waals surface area contributed by atoms with Crippen LogP contribution in [0.1, 0.15) is 52.0 Å². The highest BCUT2D eigenvalue weighted by atomic mass is 16.2. The van der Waals surface area contributed by atoms with Crippen molar-refractivity contribution >= 4 is 17.6 Å². The van der Waals surface area contributed by atoms with Crippen LogP contribution in [-0.4, -0.2) is 59.5 Å². The minimum absolute atomic E-state index is 0.0150. The Bertz CT molecular complexity index is 714. The normalized spacial score (nSPS) is 19.8. The van der Waals surface area contributed by atoms with E-state index in [9.17, 15) is 9.59 Å². The van der Waals surface area contributed by atoms with Crippen molar-refractivity contribution in [3.05, 3.63) is 29.8 Å². The van der Waals surface area contributed by atoms with E-state index < -0.39 is 0 Å². The maximum Gasteiger partial charge on any atom is 0.317 e. The number of hydrogen-bond acceptors (Lipinski definition) is 3.